The molecule has 1 unspecified atom stereocenters. The molecule has 0 aromatic heterocycles. The highest BCUT2D eigenvalue weighted by Gasteiger charge is 2.53. The third kappa shape index (κ3) is 5.51. The average molecular weight is 788 g/mol. The van der Waals surface area contributed by atoms with Gasteiger partial charge in [0.25, 0.3) is 0 Å². The van der Waals surface area contributed by atoms with E-state index >= 15 is 0 Å². The second-order valence-corrected chi connectivity index (χ2v) is 16.7. The number of aryl methyl sites for hydroxylation is 1. The molecule has 0 saturated carbocycles. The molecule has 0 N–H and O–H groups in total. The lowest BCUT2D eigenvalue weighted by molar-refractivity contribution is 0.751. The van der Waals surface area contributed by atoms with Gasteiger partial charge >= 0.3 is 0 Å². The van der Waals surface area contributed by atoms with Gasteiger partial charge in [-0.15, -0.1) is 0 Å². The summed E-state index contributed by atoms with van der Waals surface area (Å²) >= 11 is 0. The summed E-state index contributed by atoms with van der Waals surface area (Å²) in [6, 6.07) is 76.0. The van der Waals surface area contributed by atoms with E-state index in [9.17, 15) is 0 Å². The molecule has 0 bridgehead atoms. The van der Waals surface area contributed by atoms with Gasteiger partial charge in [-0.1, -0.05) is 187 Å². The Morgan fingerprint density at radius 3 is 1.81 bits per heavy atom. The molecule has 1 nitrogen and oxygen atoms in total. The SMILES string of the molecule is Cc1ccc2c(c1)C1(C3=C2C=CC#CC3)c2ccccc2-c2cccc(-c3ccc(N(c4ccc(-c5ccccc5)cc4)c4ccc(-c5cccc6ccccc56)cc4)cc3)c21. The maximum atomic E-state index is 3.52. The quantitative estimate of drug-likeness (QED) is 0.152. The first-order chi connectivity index (χ1) is 30.7. The Bertz CT molecular complexity index is 3350. The Hall–Kier alpha value is -7.92. The summed E-state index contributed by atoms with van der Waals surface area (Å²) in [6.07, 6.45) is 5.01. The summed E-state index contributed by atoms with van der Waals surface area (Å²) in [6.45, 7) is 2.22. The minimum Gasteiger partial charge on any atom is -0.311 e. The van der Waals surface area contributed by atoms with Crippen LogP contribution in [0, 0.1) is 18.8 Å². The molecule has 3 aliphatic rings. The second-order valence-electron chi connectivity index (χ2n) is 16.7. The monoisotopic (exact) mass is 787 g/mol. The van der Waals surface area contributed by atoms with Crippen LogP contribution in [0.3, 0.4) is 0 Å². The average Bonchev–Trinajstić information content (AvgIpc) is 3.63. The van der Waals surface area contributed by atoms with Gasteiger partial charge in [-0.05, 0) is 144 Å². The van der Waals surface area contributed by atoms with E-state index in [0.29, 0.717) is 6.42 Å². The first kappa shape index (κ1) is 36.0. The van der Waals surface area contributed by atoms with Gasteiger partial charge in [0.2, 0.25) is 0 Å². The fourth-order valence-corrected chi connectivity index (χ4v) is 10.6. The highest BCUT2D eigenvalue weighted by Crippen LogP contribution is 2.64. The molecule has 0 amide bonds. The first-order valence-corrected chi connectivity index (χ1v) is 21.5. The molecule has 0 saturated heterocycles. The normalized spacial score (nSPS) is 15.4. The third-order valence-corrected chi connectivity index (χ3v) is 13.3. The Morgan fingerprint density at radius 1 is 0.452 bits per heavy atom. The minimum atomic E-state index is -0.445. The lowest BCUT2D eigenvalue weighted by Crippen LogP contribution is -2.28. The number of hydrogen-bond acceptors (Lipinski definition) is 1. The number of fused-ring (bicyclic) bond motifs is 10. The molecular formula is C61H41N. The third-order valence-electron chi connectivity index (χ3n) is 13.3. The van der Waals surface area contributed by atoms with Crippen LogP contribution in [0.15, 0.2) is 224 Å². The molecule has 12 rings (SSSR count). The summed E-state index contributed by atoms with van der Waals surface area (Å²) in [5.74, 6) is 6.84. The molecule has 9 aromatic carbocycles. The van der Waals surface area contributed by atoms with Crippen LogP contribution in [0.25, 0.3) is 60.9 Å². The summed E-state index contributed by atoms with van der Waals surface area (Å²) in [5.41, 5.74) is 22.1. The molecule has 0 aliphatic heterocycles. The van der Waals surface area contributed by atoms with Crippen LogP contribution >= 0.6 is 0 Å². The summed E-state index contributed by atoms with van der Waals surface area (Å²) in [4.78, 5) is 2.38. The highest BCUT2D eigenvalue weighted by atomic mass is 15.1. The van der Waals surface area contributed by atoms with E-state index in [4.69, 9.17) is 0 Å². The van der Waals surface area contributed by atoms with Gasteiger partial charge < -0.3 is 4.90 Å². The number of allylic oxidation sites excluding steroid dienone is 4. The van der Waals surface area contributed by atoms with Gasteiger partial charge in [-0.25, -0.2) is 0 Å². The van der Waals surface area contributed by atoms with Crippen LogP contribution in [0.4, 0.5) is 17.1 Å². The van der Waals surface area contributed by atoms with Gasteiger partial charge in [0.15, 0.2) is 0 Å². The molecule has 1 heteroatoms. The fourth-order valence-electron chi connectivity index (χ4n) is 10.6. The van der Waals surface area contributed by atoms with Gasteiger partial charge in [0.05, 0.1) is 5.41 Å². The number of benzene rings is 9. The summed E-state index contributed by atoms with van der Waals surface area (Å²) < 4.78 is 0. The standard InChI is InChI=1S/C61H41N/c1-41-26-39-55-53-19-6-3-7-24-57(53)61(59(55)40-41)58-25-11-10-20-54(58)56-23-13-22-52(60(56)61)46-31-37-49(38-32-46)62(47-33-27-43(28-34-47)42-14-4-2-5-15-42)48-35-29-45(30-36-48)51-21-12-17-44-16-8-9-18-50(44)51/h2,4-6,8-23,25-40H,24H2,1H3. The number of anilines is 3. The number of nitrogens with zero attached hydrogens (tertiary/aromatic N) is 1. The second kappa shape index (κ2) is 14.4. The van der Waals surface area contributed by atoms with E-state index in [1.165, 1.54) is 94.2 Å². The summed E-state index contributed by atoms with van der Waals surface area (Å²) in [7, 11) is 0. The molecular weight excluding hydrogens is 747 g/mol. The van der Waals surface area contributed by atoms with E-state index in [2.05, 4.69) is 236 Å². The van der Waals surface area contributed by atoms with Gasteiger partial charge in [0.1, 0.15) is 0 Å². The minimum absolute atomic E-state index is 0.445. The number of hydrogen-bond donors (Lipinski definition) is 0. The zero-order valence-electron chi connectivity index (χ0n) is 34.4. The molecule has 9 aromatic rings. The van der Waals surface area contributed by atoms with Crippen molar-refractivity contribution in [3.63, 3.8) is 0 Å². The molecule has 3 aliphatic carbocycles. The topological polar surface area (TPSA) is 3.24 Å². The molecule has 0 heterocycles. The van der Waals surface area contributed by atoms with Gasteiger partial charge in [-0.3, -0.25) is 0 Å². The van der Waals surface area contributed by atoms with Crippen LogP contribution in [0.5, 0.6) is 0 Å². The first-order valence-electron chi connectivity index (χ1n) is 21.5. The van der Waals surface area contributed by atoms with E-state index in [1.54, 1.807) is 0 Å². The van der Waals surface area contributed by atoms with Crippen molar-refractivity contribution >= 4 is 33.4 Å². The zero-order chi connectivity index (χ0) is 41.2. The van der Waals surface area contributed by atoms with Crippen LogP contribution < -0.4 is 4.90 Å². The Labute approximate surface area is 363 Å². The van der Waals surface area contributed by atoms with Crippen molar-refractivity contribution < 1.29 is 0 Å². The molecule has 1 atom stereocenters. The predicted molar refractivity (Wildman–Crippen MR) is 260 cm³/mol. The van der Waals surface area contributed by atoms with Gasteiger partial charge in [0, 0.05) is 23.5 Å². The fraction of sp³-hybridized carbons (Fsp3) is 0.0492. The van der Waals surface area contributed by atoms with Crippen LogP contribution in [0.2, 0.25) is 0 Å². The van der Waals surface area contributed by atoms with Crippen LogP contribution in [0.1, 0.15) is 34.2 Å². The van der Waals surface area contributed by atoms with Crippen molar-refractivity contribution in [2.75, 3.05) is 4.90 Å². The van der Waals surface area contributed by atoms with E-state index in [1.807, 2.05) is 6.08 Å². The van der Waals surface area contributed by atoms with Crippen LogP contribution in [-0.2, 0) is 5.41 Å². The Morgan fingerprint density at radius 2 is 1.03 bits per heavy atom. The van der Waals surface area contributed by atoms with Crippen molar-refractivity contribution in [1.29, 1.82) is 0 Å². The van der Waals surface area contributed by atoms with Crippen molar-refractivity contribution in [2.24, 2.45) is 0 Å². The van der Waals surface area contributed by atoms with Crippen molar-refractivity contribution in [2.45, 2.75) is 18.8 Å². The Balaban J connectivity index is 0.999. The number of rotatable bonds is 6. The highest BCUT2D eigenvalue weighted by molar-refractivity contribution is 6.01. The van der Waals surface area contributed by atoms with Crippen molar-refractivity contribution in [3.05, 3.63) is 252 Å². The van der Waals surface area contributed by atoms with Crippen molar-refractivity contribution in [3.8, 4) is 56.3 Å². The molecule has 290 valence electrons. The van der Waals surface area contributed by atoms with E-state index < -0.39 is 5.41 Å². The molecule has 1 spiro atoms. The smallest absolute Gasteiger partial charge is 0.0703 e. The maximum Gasteiger partial charge on any atom is 0.0703 e. The maximum absolute atomic E-state index is 3.52. The van der Waals surface area contributed by atoms with E-state index in [0.717, 1.165) is 17.1 Å². The largest absolute Gasteiger partial charge is 0.311 e. The predicted octanol–water partition coefficient (Wildman–Crippen LogP) is 15.7. The summed E-state index contributed by atoms with van der Waals surface area (Å²) in [5, 5.41) is 2.51. The van der Waals surface area contributed by atoms with Crippen molar-refractivity contribution in [1.82, 2.24) is 0 Å². The lowest BCUT2D eigenvalue weighted by Gasteiger charge is -2.34. The molecule has 0 fully saturated rings. The van der Waals surface area contributed by atoms with Crippen LogP contribution in [-0.4, -0.2) is 0 Å². The van der Waals surface area contributed by atoms with E-state index in [-0.39, 0.29) is 0 Å². The molecule has 62 heavy (non-hydrogen) atoms. The lowest BCUT2D eigenvalue weighted by atomic mass is 9.67. The van der Waals surface area contributed by atoms with Gasteiger partial charge in [-0.2, -0.15) is 0 Å². The zero-order valence-corrected chi connectivity index (χ0v) is 34.4. The Kier molecular flexibility index (Phi) is 8.34. The molecule has 0 radical (unpaired) electrons.